The van der Waals surface area contributed by atoms with E-state index in [0.29, 0.717) is 25.4 Å². The third-order valence-corrected chi connectivity index (χ3v) is 9.87. The van der Waals surface area contributed by atoms with Crippen molar-refractivity contribution >= 4 is 29.0 Å². The summed E-state index contributed by atoms with van der Waals surface area (Å²) in [7, 11) is 2.19. The third-order valence-electron chi connectivity index (χ3n) is 9.87. The van der Waals surface area contributed by atoms with E-state index in [4.69, 9.17) is 0 Å². The fraction of sp³-hybridized carbons (Fsp3) is 0.711. The second-order valence-electron chi connectivity index (χ2n) is 13.3. The van der Waals surface area contributed by atoms with Crippen molar-refractivity contribution < 1.29 is 18.0 Å². The number of likely N-dealkylation sites (N-methyl/N-ethyl adjacent to an activating group) is 1. The fourth-order valence-corrected chi connectivity index (χ4v) is 7.06. The zero-order chi connectivity index (χ0) is 36.7. The number of benzene rings is 1. The first kappa shape index (κ1) is 41.3. The van der Waals surface area contributed by atoms with Crippen LogP contribution in [-0.2, 0) is 17.4 Å². The molecule has 0 saturated carbocycles. The zero-order valence-electron chi connectivity index (χ0n) is 31.7. The minimum Gasteiger partial charge on any atom is -0.371 e. The molecule has 3 heterocycles. The topological polar surface area (TPSA) is 79.9 Å². The number of nitrogens with one attached hydrogen (secondary N) is 2. The summed E-state index contributed by atoms with van der Waals surface area (Å²) >= 11 is 0. The van der Waals surface area contributed by atoms with Crippen molar-refractivity contribution in [3.8, 4) is 0 Å². The molecule has 1 aromatic carbocycles. The predicted octanol–water partition coefficient (Wildman–Crippen LogP) is 8.05. The summed E-state index contributed by atoms with van der Waals surface area (Å²) in [5.41, 5.74) is 2.10. The molecule has 4 rings (SSSR count). The van der Waals surface area contributed by atoms with Crippen LogP contribution in [0.15, 0.2) is 24.4 Å². The van der Waals surface area contributed by atoms with Gasteiger partial charge in [-0.25, -0.2) is 4.98 Å². The lowest BCUT2D eigenvalue weighted by atomic mass is 10.0. The Morgan fingerprint density at radius 3 is 2.24 bits per heavy atom. The van der Waals surface area contributed by atoms with E-state index in [1.165, 1.54) is 5.69 Å². The van der Waals surface area contributed by atoms with Crippen molar-refractivity contribution in [1.29, 1.82) is 0 Å². The van der Waals surface area contributed by atoms with E-state index < -0.39 is 11.7 Å². The van der Waals surface area contributed by atoms with Gasteiger partial charge < -0.3 is 25.3 Å². The van der Waals surface area contributed by atoms with Gasteiger partial charge in [-0.2, -0.15) is 18.2 Å². The molecule has 0 bridgehead atoms. The van der Waals surface area contributed by atoms with Crippen molar-refractivity contribution in [2.45, 2.75) is 118 Å². The van der Waals surface area contributed by atoms with E-state index in [2.05, 4.69) is 75.3 Å². The van der Waals surface area contributed by atoms with Crippen molar-refractivity contribution in [2.75, 3.05) is 74.9 Å². The number of piperidine rings is 1. The Morgan fingerprint density at radius 1 is 1.00 bits per heavy atom. The lowest BCUT2D eigenvalue weighted by molar-refractivity contribution is -0.137. The Morgan fingerprint density at radius 2 is 1.66 bits per heavy atom. The number of halogens is 3. The number of rotatable bonds is 16. The number of anilines is 4. The number of alkyl halides is 3. The molecule has 2 aliphatic rings. The highest BCUT2D eigenvalue weighted by Gasteiger charge is 2.35. The Hall–Kier alpha value is -3.12. The van der Waals surface area contributed by atoms with Gasteiger partial charge in [-0.05, 0) is 69.3 Å². The number of hydrogen-bond acceptors (Lipinski definition) is 8. The van der Waals surface area contributed by atoms with Gasteiger partial charge in [-0.3, -0.25) is 9.69 Å². The summed E-state index contributed by atoms with van der Waals surface area (Å²) in [6.07, 6.45) is 3.98. The number of carbonyl (C=O) groups excluding carboxylic acids is 1. The Labute approximate surface area is 299 Å². The maximum absolute atomic E-state index is 14.0. The monoisotopic (exact) mass is 705 g/mol. The van der Waals surface area contributed by atoms with Gasteiger partial charge in [-0.15, -0.1) is 0 Å². The molecule has 0 aliphatic carbocycles. The zero-order valence-corrected chi connectivity index (χ0v) is 31.7. The summed E-state index contributed by atoms with van der Waals surface area (Å²) in [6.45, 7) is 19.4. The molecule has 2 aromatic rings. The molecule has 0 radical (unpaired) electrons. The van der Waals surface area contributed by atoms with Crippen LogP contribution in [0.5, 0.6) is 0 Å². The summed E-state index contributed by atoms with van der Waals surface area (Å²) in [4.78, 5) is 30.5. The molecule has 0 unspecified atom stereocenters. The van der Waals surface area contributed by atoms with Crippen LogP contribution in [0.2, 0.25) is 0 Å². The van der Waals surface area contributed by atoms with Crippen LogP contribution < -0.4 is 15.5 Å². The average molecular weight is 705 g/mol. The van der Waals surface area contributed by atoms with Crippen LogP contribution in [0.1, 0.15) is 104 Å². The highest BCUT2D eigenvalue weighted by molar-refractivity contribution is 5.76. The van der Waals surface area contributed by atoms with Crippen LogP contribution in [0.25, 0.3) is 0 Å². The van der Waals surface area contributed by atoms with Gasteiger partial charge in [0.1, 0.15) is 11.4 Å². The first-order chi connectivity index (χ1) is 24.1. The summed E-state index contributed by atoms with van der Waals surface area (Å²) in [5, 5.41) is 6.10. The predicted molar refractivity (Wildman–Crippen MR) is 201 cm³/mol. The first-order valence-electron chi connectivity index (χ1n) is 19.1. The van der Waals surface area contributed by atoms with E-state index >= 15 is 0 Å². The van der Waals surface area contributed by atoms with E-state index in [0.717, 1.165) is 102 Å². The van der Waals surface area contributed by atoms with Crippen LogP contribution in [-0.4, -0.2) is 102 Å². The quantitative estimate of drug-likeness (QED) is 0.170. The molecular weight excluding hydrogens is 641 g/mol. The van der Waals surface area contributed by atoms with Gasteiger partial charge in [0.15, 0.2) is 0 Å². The Balaban J connectivity index is 0.00000332. The molecule has 9 nitrogen and oxygen atoms in total. The lowest BCUT2D eigenvalue weighted by Gasteiger charge is -2.42. The van der Waals surface area contributed by atoms with Gasteiger partial charge in [0.05, 0.1) is 0 Å². The average Bonchev–Trinajstić information content (AvgIpc) is 3.12. The summed E-state index contributed by atoms with van der Waals surface area (Å²) in [6, 6.07) is 7.03. The number of carbonyl (C=O) groups is 1. The number of hydrogen-bond donors (Lipinski definition) is 2. The molecule has 2 aliphatic heterocycles. The number of aryl methyl sites for hydroxylation is 1. The first-order valence-corrected chi connectivity index (χ1v) is 19.1. The van der Waals surface area contributed by atoms with Crippen molar-refractivity contribution in [2.24, 2.45) is 0 Å². The molecule has 2 fully saturated rings. The second-order valence-corrected chi connectivity index (χ2v) is 13.3. The smallest absolute Gasteiger partial charge is 0.371 e. The number of nitrogens with zero attached hydrogens (tertiary/aromatic N) is 6. The maximum Gasteiger partial charge on any atom is 0.421 e. The molecule has 0 atom stereocenters. The third kappa shape index (κ3) is 11.7. The largest absolute Gasteiger partial charge is 0.421 e. The molecule has 282 valence electrons. The number of amides is 1. The highest BCUT2D eigenvalue weighted by Crippen LogP contribution is 2.35. The van der Waals surface area contributed by atoms with Crippen LogP contribution in [0.4, 0.5) is 36.3 Å². The molecule has 1 aromatic heterocycles. The minimum absolute atomic E-state index is 0.0827. The van der Waals surface area contributed by atoms with E-state index in [1.54, 1.807) is 0 Å². The standard InChI is InChI=1S/C36H57F3N8O.C2H6/c1-6-11-29(12-7-2)47(33(48)9-4)18-10-17-40-34-31(36(37,38)39)26-41-35(43-34)42-32-14-13-30(25-27(32)8-3)45-19-15-28(16-20-45)46-23-21-44(5)22-24-46;1-2/h13-14,25-26,28-29H,6-12,15-24H2,1-5H3,(H2,40,41,42,43);1-2H3. The van der Waals surface area contributed by atoms with Crippen molar-refractivity contribution in [3.05, 3.63) is 35.5 Å². The van der Waals surface area contributed by atoms with Crippen LogP contribution in [0, 0.1) is 0 Å². The summed E-state index contributed by atoms with van der Waals surface area (Å²) in [5.74, 6) is -0.0705. The maximum atomic E-state index is 14.0. The molecule has 2 saturated heterocycles. The van der Waals surface area contributed by atoms with Crippen molar-refractivity contribution in [1.82, 2.24) is 24.7 Å². The number of piperazine rings is 1. The second kappa shape index (κ2) is 20.7. The number of aromatic nitrogens is 2. The summed E-state index contributed by atoms with van der Waals surface area (Å²) < 4.78 is 41.9. The Bertz CT molecular complexity index is 1290. The SMILES string of the molecule is CC.CCCC(CCC)N(CCCNc1nc(Nc2ccc(N3CCC(N4CCN(C)CC4)CC3)cc2CC)ncc1C(F)(F)F)C(=O)CC. The van der Waals surface area contributed by atoms with Gasteiger partial charge in [0, 0.05) is 88.4 Å². The van der Waals surface area contributed by atoms with Gasteiger partial charge >= 0.3 is 6.18 Å². The molecule has 0 spiro atoms. The van der Waals surface area contributed by atoms with Gasteiger partial charge in [-0.1, -0.05) is 54.4 Å². The molecular formula is C38H63F3N8O. The Kier molecular flexibility index (Phi) is 17.1. The normalized spacial score (nSPS) is 16.3. The van der Waals surface area contributed by atoms with Gasteiger partial charge in [0.25, 0.3) is 0 Å². The molecule has 2 N–H and O–H groups in total. The van der Waals surface area contributed by atoms with Crippen LogP contribution >= 0.6 is 0 Å². The van der Waals surface area contributed by atoms with Crippen LogP contribution in [0.3, 0.4) is 0 Å². The van der Waals surface area contributed by atoms with Gasteiger partial charge in [0.2, 0.25) is 11.9 Å². The van der Waals surface area contributed by atoms with E-state index in [9.17, 15) is 18.0 Å². The molecule has 50 heavy (non-hydrogen) atoms. The fourth-order valence-electron chi connectivity index (χ4n) is 7.06. The highest BCUT2D eigenvalue weighted by atomic mass is 19.4. The van der Waals surface area contributed by atoms with E-state index in [1.807, 2.05) is 31.7 Å². The molecule has 12 heteroatoms. The molecule has 1 amide bonds. The lowest BCUT2D eigenvalue weighted by Crippen LogP contribution is -2.52. The van der Waals surface area contributed by atoms with E-state index in [-0.39, 0.29) is 30.3 Å². The minimum atomic E-state index is -4.60. The van der Waals surface area contributed by atoms with Crippen molar-refractivity contribution in [3.63, 3.8) is 0 Å².